The Kier molecular flexibility index (Phi) is 5.34. The van der Waals surface area contributed by atoms with Crippen molar-refractivity contribution in [3.63, 3.8) is 0 Å². The van der Waals surface area contributed by atoms with Crippen LogP contribution in [-0.4, -0.2) is 11.5 Å². The Labute approximate surface area is 127 Å². The van der Waals surface area contributed by atoms with Gasteiger partial charge in [0.05, 0.1) is 0 Å². The van der Waals surface area contributed by atoms with E-state index in [2.05, 4.69) is 62.1 Å². The lowest BCUT2D eigenvalue weighted by Crippen LogP contribution is -2.24. The van der Waals surface area contributed by atoms with Crippen molar-refractivity contribution in [2.75, 3.05) is 11.4 Å². The van der Waals surface area contributed by atoms with Crippen molar-refractivity contribution in [1.29, 1.82) is 0 Å². The Morgan fingerprint density at radius 2 is 1.81 bits per heavy atom. The molecule has 0 radical (unpaired) electrons. The van der Waals surface area contributed by atoms with E-state index in [1.807, 2.05) is 6.07 Å². The zero-order valence-electron chi connectivity index (χ0n) is 13.2. The third kappa shape index (κ3) is 4.05. The summed E-state index contributed by atoms with van der Waals surface area (Å²) in [5.74, 6) is 1.43. The van der Waals surface area contributed by atoms with Gasteiger partial charge in [-0.25, -0.2) is 4.98 Å². The summed E-state index contributed by atoms with van der Waals surface area (Å²) in [6.45, 7) is 8.84. The molecule has 0 unspecified atom stereocenters. The molecule has 1 aromatic carbocycles. The van der Waals surface area contributed by atoms with Crippen LogP contribution in [0.15, 0.2) is 42.5 Å². The summed E-state index contributed by atoms with van der Waals surface area (Å²) in [4.78, 5) is 7.11. The molecule has 0 aliphatic carbocycles. The Bertz CT molecular complexity index is 564. The SMILES string of the molecule is CCN(Cc1ccccc1)c1cc(CN)cc(C(C)C)n1. The quantitative estimate of drug-likeness (QED) is 0.879. The van der Waals surface area contributed by atoms with Gasteiger partial charge < -0.3 is 10.6 Å². The fourth-order valence-corrected chi connectivity index (χ4v) is 2.33. The molecule has 0 aliphatic heterocycles. The summed E-state index contributed by atoms with van der Waals surface area (Å²) in [5, 5.41) is 0. The summed E-state index contributed by atoms with van der Waals surface area (Å²) in [6, 6.07) is 14.7. The van der Waals surface area contributed by atoms with Crippen molar-refractivity contribution in [1.82, 2.24) is 4.98 Å². The van der Waals surface area contributed by atoms with Crippen LogP contribution in [0.25, 0.3) is 0 Å². The molecular formula is C18H25N3. The first-order valence-corrected chi connectivity index (χ1v) is 7.63. The van der Waals surface area contributed by atoms with Gasteiger partial charge in [-0.3, -0.25) is 0 Å². The third-order valence-electron chi connectivity index (χ3n) is 3.64. The molecule has 112 valence electrons. The summed E-state index contributed by atoms with van der Waals surface area (Å²) in [5.41, 5.74) is 9.39. The van der Waals surface area contributed by atoms with Gasteiger partial charge in [0, 0.05) is 25.3 Å². The molecule has 0 amide bonds. The van der Waals surface area contributed by atoms with Crippen LogP contribution in [0.3, 0.4) is 0 Å². The monoisotopic (exact) mass is 283 g/mol. The normalized spacial score (nSPS) is 10.9. The fraction of sp³-hybridized carbons (Fsp3) is 0.389. The van der Waals surface area contributed by atoms with Gasteiger partial charge in [-0.15, -0.1) is 0 Å². The number of nitrogens with zero attached hydrogens (tertiary/aromatic N) is 2. The van der Waals surface area contributed by atoms with Gasteiger partial charge in [0.15, 0.2) is 0 Å². The van der Waals surface area contributed by atoms with Gasteiger partial charge in [0.1, 0.15) is 5.82 Å². The van der Waals surface area contributed by atoms with E-state index in [1.54, 1.807) is 0 Å². The molecule has 1 aromatic heterocycles. The molecule has 21 heavy (non-hydrogen) atoms. The highest BCUT2D eigenvalue weighted by Crippen LogP contribution is 2.21. The summed E-state index contributed by atoms with van der Waals surface area (Å²) in [6.07, 6.45) is 0. The second-order valence-corrected chi connectivity index (χ2v) is 5.62. The van der Waals surface area contributed by atoms with Crippen LogP contribution in [0.1, 0.15) is 43.5 Å². The van der Waals surface area contributed by atoms with Gasteiger partial charge >= 0.3 is 0 Å². The number of hydrogen-bond acceptors (Lipinski definition) is 3. The Hall–Kier alpha value is -1.87. The predicted molar refractivity (Wildman–Crippen MR) is 89.4 cm³/mol. The standard InChI is InChI=1S/C18H25N3/c1-4-21(13-15-8-6-5-7-9-15)18-11-16(12-19)10-17(20-18)14(2)3/h5-11,14H,4,12-13,19H2,1-3H3. The van der Waals surface area contributed by atoms with Crippen LogP contribution in [0.2, 0.25) is 0 Å². The molecule has 0 saturated carbocycles. The Morgan fingerprint density at radius 3 is 2.38 bits per heavy atom. The zero-order valence-corrected chi connectivity index (χ0v) is 13.2. The molecule has 2 aromatic rings. The largest absolute Gasteiger partial charge is 0.353 e. The summed E-state index contributed by atoms with van der Waals surface area (Å²) >= 11 is 0. The molecule has 0 aliphatic rings. The second kappa shape index (κ2) is 7.23. The summed E-state index contributed by atoms with van der Waals surface area (Å²) in [7, 11) is 0. The van der Waals surface area contributed by atoms with Crippen molar-refractivity contribution in [3.05, 3.63) is 59.3 Å². The molecule has 3 heteroatoms. The van der Waals surface area contributed by atoms with E-state index >= 15 is 0 Å². The van der Waals surface area contributed by atoms with Crippen LogP contribution in [0, 0.1) is 0 Å². The van der Waals surface area contributed by atoms with Crippen LogP contribution < -0.4 is 10.6 Å². The first-order valence-electron chi connectivity index (χ1n) is 7.63. The van der Waals surface area contributed by atoms with Crippen molar-refractivity contribution in [3.8, 4) is 0 Å². The highest BCUT2D eigenvalue weighted by atomic mass is 15.2. The maximum absolute atomic E-state index is 5.84. The molecule has 2 N–H and O–H groups in total. The van der Waals surface area contributed by atoms with Crippen molar-refractivity contribution < 1.29 is 0 Å². The van der Waals surface area contributed by atoms with E-state index in [9.17, 15) is 0 Å². The maximum Gasteiger partial charge on any atom is 0.129 e. The second-order valence-electron chi connectivity index (χ2n) is 5.62. The van der Waals surface area contributed by atoms with E-state index in [0.717, 1.165) is 30.2 Å². The smallest absolute Gasteiger partial charge is 0.129 e. The minimum absolute atomic E-state index is 0.408. The maximum atomic E-state index is 5.84. The van der Waals surface area contributed by atoms with Gasteiger partial charge in [0.25, 0.3) is 0 Å². The number of pyridine rings is 1. The molecule has 3 nitrogen and oxygen atoms in total. The highest BCUT2D eigenvalue weighted by Gasteiger charge is 2.11. The van der Waals surface area contributed by atoms with E-state index in [1.165, 1.54) is 5.56 Å². The first-order chi connectivity index (χ1) is 10.1. The van der Waals surface area contributed by atoms with Gasteiger partial charge in [-0.1, -0.05) is 44.2 Å². The number of anilines is 1. The molecule has 2 rings (SSSR count). The zero-order chi connectivity index (χ0) is 15.2. The van der Waals surface area contributed by atoms with Crippen LogP contribution in [0.4, 0.5) is 5.82 Å². The van der Waals surface area contributed by atoms with E-state index in [0.29, 0.717) is 12.5 Å². The molecule has 0 spiro atoms. The fourth-order valence-electron chi connectivity index (χ4n) is 2.33. The molecular weight excluding hydrogens is 258 g/mol. The molecule has 0 atom stereocenters. The van der Waals surface area contributed by atoms with E-state index in [4.69, 9.17) is 10.7 Å². The van der Waals surface area contributed by atoms with Crippen LogP contribution in [-0.2, 0) is 13.1 Å². The molecule has 0 saturated heterocycles. The highest BCUT2D eigenvalue weighted by molar-refractivity contribution is 5.44. The lowest BCUT2D eigenvalue weighted by atomic mass is 10.1. The van der Waals surface area contributed by atoms with Gasteiger partial charge in [0.2, 0.25) is 0 Å². The molecule has 0 fully saturated rings. The van der Waals surface area contributed by atoms with Crippen LogP contribution in [0.5, 0.6) is 0 Å². The third-order valence-corrected chi connectivity index (χ3v) is 3.64. The van der Waals surface area contributed by atoms with Gasteiger partial charge in [-0.05, 0) is 36.1 Å². The average Bonchev–Trinajstić information content (AvgIpc) is 2.53. The lowest BCUT2D eigenvalue weighted by Gasteiger charge is -2.24. The number of hydrogen-bond donors (Lipinski definition) is 1. The first kappa shape index (κ1) is 15.5. The van der Waals surface area contributed by atoms with Crippen molar-refractivity contribution in [2.24, 2.45) is 5.73 Å². The Morgan fingerprint density at radius 1 is 1.10 bits per heavy atom. The van der Waals surface area contributed by atoms with Crippen LogP contribution >= 0.6 is 0 Å². The van der Waals surface area contributed by atoms with E-state index in [-0.39, 0.29) is 0 Å². The lowest BCUT2D eigenvalue weighted by molar-refractivity contribution is 0.774. The minimum atomic E-state index is 0.408. The number of nitrogens with two attached hydrogens (primary N) is 1. The molecule has 1 heterocycles. The van der Waals surface area contributed by atoms with Crippen molar-refractivity contribution in [2.45, 2.75) is 39.8 Å². The number of benzene rings is 1. The van der Waals surface area contributed by atoms with Crippen molar-refractivity contribution >= 4 is 5.82 Å². The topological polar surface area (TPSA) is 42.1 Å². The van der Waals surface area contributed by atoms with Gasteiger partial charge in [-0.2, -0.15) is 0 Å². The molecule has 0 bridgehead atoms. The van der Waals surface area contributed by atoms with E-state index < -0.39 is 0 Å². The summed E-state index contributed by atoms with van der Waals surface area (Å²) < 4.78 is 0. The predicted octanol–water partition coefficient (Wildman–Crippen LogP) is 3.69. The number of rotatable bonds is 6. The average molecular weight is 283 g/mol. The Balaban J connectivity index is 2.30. The minimum Gasteiger partial charge on any atom is -0.353 e. The number of aromatic nitrogens is 1.